The predicted molar refractivity (Wildman–Crippen MR) is 97.7 cm³/mol. The molecule has 134 valence electrons. The Morgan fingerprint density at radius 2 is 2.24 bits per heavy atom. The van der Waals surface area contributed by atoms with Gasteiger partial charge in [0.1, 0.15) is 12.4 Å². The maximum Gasteiger partial charge on any atom is 0.290 e. The monoisotopic (exact) mass is 363 g/mol. The van der Waals surface area contributed by atoms with Gasteiger partial charge in [-0.3, -0.25) is 14.9 Å². The number of imide groups is 1. The molecule has 2 fully saturated rings. The lowest BCUT2D eigenvalue weighted by Gasteiger charge is -2.24. The Morgan fingerprint density at radius 3 is 2.88 bits per heavy atom. The molecule has 0 aliphatic carbocycles. The fourth-order valence-electron chi connectivity index (χ4n) is 2.90. The Balaban J connectivity index is 1.96. The van der Waals surface area contributed by atoms with Gasteiger partial charge in [0, 0.05) is 31.8 Å². The molecule has 3 N–H and O–H groups in total. The van der Waals surface area contributed by atoms with Crippen LogP contribution in [-0.4, -0.2) is 50.6 Å². The van der Waals surface area contributed by atoms with E-state index in [4.69, 9.17) is 15.2 Å². The van der Waals surface area contributed by atoms with E-state index >= 15 is 0 Å². The van der Waals surface area contributed by atoms with E-state index < -0.39 is 0 Å². The fraction of sp³-hybridized carbons (Fsp3) is 0.412. The minimum Gasteiger partial charge on any atom is -0.489 e. The van der Waals surface area contributed by atoms with E-state index in [0.717, 1.165) is 48.3 Å². The van der Waals surface area contributed by atoms with Gasteiger partial charge in [-0.1, -0.05) is 12.1 Å². The molecule has 2 saturated heterocycles. The molecule has 0 aromatic heterocycles. The van der Waals surface area contributed by atoms with Crippen LogP contribution in [0, 0.1) is 0 Å². The summed E-state index contributed by atoms with van der Waals surface area (Å²) < 4.78 is 10.9. The topological polar surface area (TPSA) is 93.9 Å². The Bertz CT molecular complexity index is 707. The number of carbonyl (C=O) groups is 2. The van der Waals surface area contributed by atoms with Crippen molar-refractivity contribution in [2.45, 2.75) is 12.5 Å². The van der Waals surface area contributed by atoms with E-state index in [1.165, 1.54) is 0 Å². The van der Waals surface area contributed by atoms with E-state index in [-0.39, 0.29) is 17.2 Å². The second-order valence-corrected chi connectivity index (χ2v) is 6.90. The number of ether oxygens (including phenoxy) is 2. The number of amides is 2. The zero-order valence-electron chi connectivity index (χ0n) is 14.0. The molecule has 0 bridgehead atoms. The molecule has 2 aliphatic rings. The highest BCUT2D eigenvalue weighted by Crippen LogP contribution is 2.37. The van der Waals surface area contributed by atoms with Gasteiger partial charge >= 0.3 is 0 Å². The largest absolute Gasteiger partial charge is 0.489 e. The van der Waals surface area contributed by atoms with Crippen molar-refractivity contribution in [3.8, 4) is 5.75 Å². The number of hydrogen-bond acceptors (Lipinski definition) is 7. The van der Waals surface area contributed by atoms with Crippen LogP contribution in [0.5, 0.6) is 5.75 Å². The predicted octanol–water partition coefficient (Wildman–Crippen LogP) is 1.57. The smallest absolute Gasteiger partial charge is 0.290 e. The fourth-order valence-corrected chi connectivity index (χ4v) is 3.57. The number of para-hydroxylation sites is 1. The molecule has 2 aliphatic heterocycles. The van der Waals surface area contributed by atoms with Crippen LogP contribution in [-0.2, 0) is 9.53 Å². The molecule has 0 spiro atoms. The average Bonchev–Trinajstić information content (AvgIpc) is 3.13. The van der Waals surface area contributed by atoms with Gasteiger partial charge in [0.15, 0.2) is 0 Å². The number of nitrogens with two attached hydrogens (primary N) is 1. The summed E-state index contributed by atoms with van der Waals surface area (Å²) in [5, 5.41) is 1.92. The second-order valence-electron chi connectivity index (χ2n) is 5.88. The number of hydrogen-bond donors (Lipinski definition) is 2. The lowest BCUT2D eigenvalue weighted by Crippen LogP contribution is -2.27. The van der Waals surface area contributed by atoms with Crippen molar-refractivity contribution >= 4 is 34.7 Å². The van der Waals surface area contributed by atoms with Gasteiger partial charge in [-0.15, -0.1) is 0 Å². The molecule has 1 aromatic carbocycles. The zero-order valence-corrected chi connectivity index (χ0v) is 14.8. The summed E-state index contributed by atoms with van der Waals surface area (Å²) in [4.78, 5) is 25.8. The summed E-state index contributed by atoms with van der Waals surface area (Å²) >= 11 is 0.905. The number of anilines is 1. The van der Waals surface area contributed by atoms with Crippen LogP contribution in [0.1, 0.15) is 12.0 Å². The van der Waals surface area contributed by atoms with Crippen molar-refractivity contribution in [1.29, 1.82) is 0 Å². The Kier molecular flexibility index (Phi) is 5.62. The standard InChI is InChI=1S/C17H21N3O4S/c1-23-7-8-24-13-4-2-3-11(9-14-16(21)19-17(22)25-14)15(13)20-6-5-12(18)10-20/h2-4,9,12H,5-8,10,18H2,1H3,(H,19,21,22)/b14-9+. The van der Waals surface area contributed by atoms with Gasteiger partial charge in [-0.25, -0.2) is 0 Å². The molecule has 1 atom stereocenters. The molecule has 1 aromatic rings. The molecule has 2 heterocycles. The van der Waals surface area contributed by atoms with Gasteiger partial charge in [0.2, 0.25) is 0 Å². The molecule has 0 radical (unpaired) electrons. The first-order valence-corrected chi connectivity index (χ1v) is 8.90. The van der Waals surface area contributed by atoms with Gasteiger partial charge in [-0.2, -0.15) is 0 Å². The molecule has 7 nitrogen and oxygen atoms in total. The highest BCUT2D eigenvalue weighted by Gasteiger charge is 2.28. The van der Waals surface area contributed by atoms with E-state index in [1.54, 1.807) is 13.2 Å². The van der Waals surface area contributed by atoms with Crippen molar-refractivity contribution in [2.24, 2.45) is 5.73 Å². The number of carbonyl (C=O) groups excluding carboxylic acids is 2. The molecule has 1 unspecified atom stereocenters. The average molecular weight is 363 g/mol. The van der Waals surface area contributed by atoms with Gasteiger partial charge < -0.3 is 20.1 Å². The summed E-state index contributed by atoms with van der Waals surface area (Å²) in [6.45, 7) is 2.45. The SMILES string of the molecule is COCCOc1cccc(/C=C2/SC(=O)NC2=O)c1N1CCC(N)C1. The van der Waals surface area contributed by atoms with Crippen LogP contribution in [0.2, 0.25) is 0 Å². The quantitative estimate of drug-likeness (QED) is 0.585. The maximum absolute atomic E-state index is 11.9. The van der Waals surface area contributed by atoms with Crippen molar-refractivity contribution in [1.82, 2.24) is 5.32 Å². The Hall–Kier alpha value is -2.03. The zero-order chi connectivity index (χ0) is 17.8. The van der Waals surface area contributed by atoms with Crippen LogP contribution >= 0.6 is 11.8 Å². The normalized spacial score (nSPS) is 21.9. The highest BCUT2D eigenvalue weighted by atomic mass is 32.2. The first-order valence-electron chi connectivity index (χ1n) is 8.08. The first kappa shape index (κ1) is 17.8. The first-order chi connectivity index (χ1) is 12.1. The van der Waals surface area contributed by atoms with Crippen LogP contribution in [0.15, 0.2) is 23.1 Å². The van der Waals surface area contributed by atoms with E-state index in [2.05, 4.69) is 10.2 Å². The van der Waals surface area contributed by atoms with E-state index in [1.807, 2.05) is 18.2 Å². The third-order valence-electron chi connectivity index (χ3n) is 4.04. The van der Waals surface area contributed by atoms with Crippen LogP contribution in [0.25, 0.3) is 6.08 Å². The minimum absolute atomic E-state index is 0.110. The number of thioether (sulfide) groups is 1. The Morgan fingerprint density at radius 1 is 1.40 bits per heavy atom. The maximum atomic E-state index is 11.9. The molecule has 25 heavy (non-hydrogen) atoms. The molecule has 8 heteroatoms. The summed E-state index contributed by atoms with van der Waals surface area (Å²) in [5.41, 5.74) is 7.78. The third kappa shape index (κ3) is 4.15. The Labute approximate surface area is 150 Å². The highest BCUT2D eigenvalue weighted by molar-refractivity contribution is 8.18. The molecule has 0 saturated carbocycles. The molecular weight excluding hydrogens is 342 g/mol. The van der Waals surface area contributed by atoms with E-state index in [0.29, 0.717) is 18.1 Å². The number of benzene rings is 1. The van der Waals surface area contributed by atoms with Gasteiger partial charge in [0.05, 0.1) is 17.2 Å². The van der Waals surface area contributed by atoms with Crippen molar-refractivity contribution in [3.05, 3.63) is 28.7 Å². The number of methoxy groups -OCH3 is 1. The summed E-state index contributed by atoms with van der Waals surface area (Å²) in [5.74, 6) is 0.347. The lowest BCUT2D eigenvalue weighted by molar-refractivity contribution is -0.115. The lowest BCUT2D eigenvalue weighted by atomic mass is 10.1. The molecular formula is C17H21N3O4S. The molecule has 2 amide bonds. The van der Waals surface area contributed by atoms with Crippen LogP contribution in [0.3, 0.4) is 0 Å². The summed E-state index contributed by atoms with van der Waals surface area (Å²) in [7, 11) is 1.62. The second kappa shape index (κ2) is 7.90. The third-order valence-corrected chi connectivity index (χ3v) is 4.86. The summed E-state index contributed by atoms with van der Waals surface area (Å²) in [6.07, 6.45) is 2.63. The van der Waals surface area contributed by atoms with Crippen molar-refractivity contribution in [2.75, 3.05) is 38.3 Å². The number of nitrogens with one attached hydrogen (secondary N) is 1. The van der Waals surface area contributed by atoms with Gasteiger partial charge in [0.25, 0.3) is 11.1 Å². The van der Waals surface area contributed by atoms with Crippen molar-refractivity contribution < 1.29 is 19.1 Å². The summed E-state index contributed by atoms with van der Waals surface area (Å²) in [6, 6.07) is 5.78. The van der Waals surface area contributed by atoms with Crippen molar-refractivity contribution in [3.63, 3.8) is 0 Å². The molecule has 3 rings (SSSR count). The van der Waals surface area contributed by atoms with Crippen LogP contribution in [0.4, 0.5) is 10.5 Å². The van der Waals surface area contributed by atoms with E-state index in [9.17, 15) is 9.59 Å². The van der Waals surface area contributed by atoms with Crippen LogP contribution < -0.4 is 20.7 Å². The van der Waals surface area contributed by atoms with Gasteiger partial charge in [-0.05, 0) is 30.3 Å². The minimum atomic E-state index is -0.371. The number of nitrogens with zero attached hydrogens (tertiary/aromatic N) is 1. The number of rotatable bonds is 6.